The minimum atomic E-state index is 0.286. The molecule has 2 aromatic rings. The average Bonchev–Trinajstić information content (AvgIpc) is 2.49. The Morgan fingerprint density at radius 3 is 2.38 bits per heavy atom. The first-order chi connectivity index (χ1) is 10.1. The molecule has 0 aliphatic rings. The third kappa shape index (κ3) is 3.47. The van der Waals surface area contributed by atoms with Crippen LogP contribution in [0.2, 0.25) is 0 Å². The summed E-state index contributed by atoms with van der Waals surface area (Å²) in [4.78, 5) is 10.4. The van der Waals surface area contributed by atoms with Gasteiger partial charge < -0.3 is 10.6 Å². The molecule has 0 unspecified atom stereocenters. The second kappa shape index (κ2) is 6.80. The number of thioether (sulfide) groups is 1. The number of hydrogen-bond acceptors (Lipinski definition) is 5. The number of nitrogens with one attached hydrogen (secondary N) is 2. The summed E-state index contributed by atoms with van der Waals surface area (Å²) in [6, 6.07) is 8.25. The molecule has 1 aromatic heterocycles. The van der Waals surface area contributed by atoms with Crippen LogP contribution in [0.1, 0.15) is 31.2 Å². The van der Waals surface area contributed by atoms with Crippen LogP contribution in [0.3, 0.4) is 0 Å². The summed E-state index contributed by atoms with van der Waals surface area (Å²) < 4.78 is 0. The fourth-order valence-corrected chi connectivity index (χ4v) is 2.59. The highest BCUT2D eigenvalue weighted by Gasteiger charge is 2.13. The van der Waals surface area contributed by atoms with Gasteiger partial charge in [0.05, 0.1) is 5.69 Å². The van der Waals surface area contributed by atoms with Gasteiger partial charge in [-0.15, -0.1) is 11.8 Å². The highest BCUT2D eigenvalue weighted by molar-refractivity contribution is 7.98. The summed E-state index contributed by atoms with van der Waals surface area (Å²) in [5.74, 6) is 2.86. The Labute approximate surface area is 130 Å². The number of benzene rings is 1. The van der Waals surface area contributed by atoms with Crippen molar-refractivity contribution in [3.8, 4) is 0 Å². The highest BCUT2D eigenvalue weighted by atomic mass is 32.2. The van der Waals surface area contributed by atoms with E-state index in [1.807, 2.05) is 26.1 Å². The molecule has 1 aromatic carbocycles. The predicted molar refractivity (Wildman–Crippen MR) is 91.9 cm³/mol. The molecule has 0 radical (unpaired) electrons. The van der Waals surface area contributed by atoms with E-state index >= 15 is 0 Å². The van der Waals surface area contributed by atoms with Gasteiger partial charge in [-0.3, -0.25) is 0 Å². The van der Waals surface area contributed by atoms with E-state index in [1.54, 1.807) is 11.8 Å². The van der Waals surface area contributed by atoms with Crippen molar-refractivity contribution < 1.29 is 0 Å². The van der Waals surface area contributed by atoms with Crippen LogP contribution in [0.5, 0.6) is 0 Å². The smallest absolute Gasteiger partial charge is 0.139 e. The predicted octanol–water partition coefficient (Wildman–Crippen LogP) is 4.42. The van der Waals surface area contributed by atoms with Crippen molar-refractivity contribution in [2.45, 2.75) is 31.6 Å². The van der Waals surface area contributed by atoms with Crippen molar-refractivity contribution in [2.24, 2.45) is 0 Å². The Morgan fingerprint density at radius 2 is 1.76 bits per heavy atom. The van der Waals surface area contributed by atoms with E-state index in [0.717, 1.165) is 28.7 Å². The summed E-state index contributed by atoms with van der Waals surface area (Å²) >= 11 is 1.72. The first kappa shape index (κ1) is 15.6. The normalized spacial score (nSPS) is 10.8. The lowest BCUT2D eigenvalue weighted by atomic mass is 10.2. The van der Waals surface area contributed by atoms with E-state index in [-0.39, 0.29) is 5.92 Å². The lowest BCUT2D eigenvalue weighted by Gasteiger charge is -2.16. The van der Waals surface area contributed by atoms with Gasteiger partial charge >= 0.3 is 0 Å². The topological polar surface area (TPSA) is 49.8 Å². The zero-order chi connectivity index (χ0) is 15.4. The standard InChI is InChI=1S/C16H22N4S/c1-10(2)14-19-15(17-4)11(3)16(20-14)18-12-8-6-7-9-13(12)21-5/h6-10H,1-5H3,(H2,17,18,19,20). The molecule has 2 N–H and O–H groups in total. The largest absolute Gasteiger partial charge is 0.373 e. The van der Waals surface area contributed by atoms with Crippen molar-refractivity contribution in [1.82, 2.24) is 9.97 Å². The lowest BCUT2D eigenvalue weighted by molar-refractivity contribution is 0.775. The van der Waals surface area contributed by atoms with Crippen molar-refractivity contribution in [3.63, 3.8) is 0 Å². The molecule has 0 saturated carbocycles. The maximum Gasteiger partial charge on any atom is 0.139 e. The number of hydrogen-bond donors (Lipinski definition) is 2. The average molecular weight is 302 g/mol. The summed E-state index contributed by atoms with van der Waals surface area (Å²) in [6.45, 7) is 6.23. The Hall–Kier alpha value is -1.75. The summed E-state index contributed by atoms with van der Waals surface area (Å²) in [5.41, 5.74) is 2.10. The van der Waals surface area contributed by atoms with Crippen LogP contribution in [0.25, 0.3) is 0 Å². The van der Waals surface area contributed by atoms with Crippen LogP contribution in [-0.4, -0.2) is 23.3 Å². The Balaban J connectivity index is 2.45. The number of rotatable bonds is 5. The van der Waals surface area contributed by atoms with Crippen LogP contribution in [-0.2, 0) is 0 Å². The van der Waals surface area contributed by atoms with Crippen LogP contribution in [0.4, 0.5) is 17.3 Å². The van der Waals surface area contributed by atoms with Gasteiger partial charge in [0, 0.05) is 23.4 Å². The molecule has 0 aliphatic carbocycles. The van der Waals surface area contributed by atoms with Crippen LogP contribution >= 0.6 is 11.8 Å². The fourth-order valence-electron chi connectivity index (χ4n) is 2.03. The van der Waals surface area contributed by atoms with E-state index in [9.17, 15) is 0 Å². The summed E-state index contributed by atoms with van der Waals surface area (Å²) in [6.07, 6.45) is 2.08. The van der Waals surface area contributed by atoms with Gasteiger partial charge in [-0.1, -0.05) is 26.0 Å². The van der Waals surface area contributed by atoms with Gasteiger partial charge in [0.15, 0.2) is 0 Å². The summed E-state index contributed by atoms with van der Waals surface area (Å²) in [5, 5.41) is 6.60. The molecule has 0 spiro atoms. The van der Waals surface area contributed by atoms with E-state index in [4.69, 9.17) is 0 Å². The first-order valence-electron chi connectivity index (χ1n) is 7.03. The molecule has 0 amide bonds. The number of anilines is 3. The molecule has 0 fully saturated rings. The molecule has 21 heavy (non-hydrogen) atoms. The van der Waals surface area contributed by atoms with Crippen molar-refractivity contribution in [3.05, 3.63) is 35.7 Å². The minimum Gasteiger partial charge on any atom is -0.373 e. The molecule has 0 atom stereocenters. The SMILES string of the molecule is CNc1nc(C(C)C)nc(Nc2ccccc2SC)c1C. The number of para-hydroxylation sites is 1. The molecule has 4 nitrogen and oxygen atoms in total. The van der Waals surface area contributed by atoms with Gasteiger partial charge in [-0.25, -0.2) is 9.97 Å². The quantitative estimate of drug-likeness (QED) is 0.801. The molecule has 1 heterocycles. The maximum atomic E-state index is 4.68. The lowest BCUT2D eigenvalue weighted by Crippen LogP contribution is -2.08. The third-order valence-electron chi connectivity index (χ3n) is 3.28. The zero-order valence-electron chi connectivity index (χ0n) is 13.2. The molecule has 2 rings (SSSR count). The maximum absolute atomic E-state index is 4.68. The number of nitrogens with zero attached hydrogens (tertiary/aromatic N) is 2. The van der Waals surface area contributed by atoms with Crippen LogP contribution in [0.15, 0.2) is 29.2 Å². The second-order valence-corrected chi connectivity index (χ2v) is 5.98. The fraction of sp³-hybridized carbons (Fsp3) is 0.375. The van der Waals surface area contributed by atoms with Gasteiger partial charge in [0.1, 0.15) is 17.5 Å². The third-order valence-corrected chi connectivity index (χ3v) is 4.07. The first-order valence-corrected chi connectivity index (χ1v) is 8.25. The van der Waals surface area contributed by atoms with Crippen molar-refractivity contribution >= 4 is 29.1 Å². The van der Waals surface area contributed by atoms with Crippen LogP contribution in [0, 0.1) is 6.92 Å². The van der Waals surface area contributed by atoms with Crippen LogP contribution < -0.4 is 10.6 Å². The Morgan fingerprint density at radius 1 is 1.10 bits per heavy atom. The second-order valence-electron chi connectivity index (χ2n) is 5.13. The number of aromatic nitrogens is 2. The Kier molecular flexibility index (Phi) is 5.07. The van der Waals surface area contributed by atoms with Crippen molar-refractivity contribution in [2.75, 3.05) is 23.9 Å². The molecule has 0 aliphatic heterocycles. The van der Waals surface area contributed by atoms with Gasteiger partial charge in [-0.2, -0.15) is 0 Å². The minimum absolute atomic E-state index is 0.286. The molecular formula is C16H22N4S. The molecule has 5 heteroatoms. The zero-order valence-corrected chi connectivity index (χ0v) is 14.0. The molecule has 0 saturated heterocycles. The Bertz CT molecular complexity index is 626. The van der Waals surface area contributed by atoms with E-state index in [1.165, 1.54) is 4.90 Å². The van der Waals surface area contributed by atoms with E-state index in [0.29, 0.717) is 0 Å². The monoisotopic (exact) mass is 302 g/mol. The van der Waals surface area contributed by atoms with Gasteiger partial charge in [-0.05, 0) is 25.3 Å². The highest BCUT2D eigenvalue weighted by Crippen LogP contribution is 2.30. The van der Waals surface area contributed by atoms with Crippen molar-refractivity contribution in [1.29, 1.82) is 0 Å². The van der Waals surface area contributed by atoms with Gasteiger partial charge in [0.25, 0.3) is 0 Å². The molecule has 112 valence electrons. The summed E-state index contributed by atoms with van der Waals surface area (Å²) in [7, 11) is 1.89. The molecular weight excluding hydrogens is 280 g/mol. The van der Waals surface area contributed by atoms with Gasteiger partial charge in [0.2, 0.25) is 0 Å². The molecule has 0 bridgehead atoms. The van der Waals surface area contributed by atoms with E-state index in [2.05, 4.69) is 52.8 Å². The van der Waals surface area contributed by atoms with E-state index < -0.39 is 0 Å².